The summed E-state index contributed by atoms with van der Waals surface area (Å²) in [7, 11) is -1.76. The summed E-state index contributed by atoms with van der Waals surface area (Å²) in [5.41, 5.74) is 0. The quantitative estimate of drug-likeness (QED) is 0.595. The van der Waals surface area contributed by atoms with Crippen molar-refractivity contribution in [3.05, 3.63) is 0 Å². The maximum absolute atomic E-state index is 11.3. The van der Waals surface area contributed by atoms with Gasteiger partial charge in [0.15, 0.2) is 0 Å². The number of carbonyl (C=O) groups excluding carboxylic acids is 3. The number of rotatable bonds is 7. The zero-order valence-electron chi connectivity index (χ0n) is 9.79. The third-order valence-electron chi connectivity index (χ3n) is 2.07. The molecule has 1 heterocycles. The number of carboxylic acids is 1. The van der Waals surface area contributed by atoms with Gasteiger partial charge in [0, 0.05) is 23.9 Å². The first-order chi connectivity index (χ1) is 8.90. The molecule has 2 N–H and O–H groups in total. The third kappa shape index (κ3) is 5.39. The number of aliphatic carboxylic acids is 1. The summed E-state index contributed by atoms with van der Waals surface area (Å²) in [5, 5.41) is 10.4. The summed E-state index contributed by atoms with van der Waals surface area (Å²) in [6.45, 7) is 0.114. The summed E-state index contributed by atoms with van der Waals surface area (Å²) in [5.74, 6) is -3.02. The Morgan fingerprint density at radius 3 is 2.58 bits per heavy atom. The molecule has 0 aromatic heterocycles. The van der Waals surface area contributed by atoms with E-state index in [1.54, 1.807) is 0 Å². The Kier molecular flexibility index (Phi) is 5.96. The van der Waals surface area contributed by atoms with Crippen LogP contribution in [0, 0.1) is 0 Å². The van der Waals surface area contributed by atoms with E-state index in [2.05, 4.69) is 5.32 Å². The molecule has 3 amide bonds. The number of hydrogen-bond acceptors (Lipinski definition) is 6. The molecule has 1 fully saturated rings. The Hall–Kier alpha value is -1.42. The molecule has 1 aliphatic heterocycles. The van der Waals surface area contributed by atoms with Crippen LogP contribution in [0.5, 0.6) is 0 Å². The summed E-state index contributed by atoms with van der Waals surface area (Å²) >= 11 is 0.901. The van der Waals surface area contributed by atoms with Crippen LogP contribution in [-0.2, 0) is 25.2 Å². The first kappa shape index (κ1) is 15.6. The number of carboxylic acid groups (broad SMARTS) is 1. The lowest BCUT2D eigenvalue weighted by Gasteiger charge is -2.12. The van der Waals surface area contributed by atoms with Crippen molar-refractivity contribution in [2.75, 3.05) is 30.3 Å². The van der Waals surface area contributed by atoms with Crippen molar-refractivity contribution in [3.63, 3.8) is 0 Å². The first-order valence-electron chi connectivity index (χ1n) is 5.20. The molecular weight excluding hydrogens is 296 g/mol. The first-order valence-corrected chi connectivity index (χ1v) is 7.68. The summed E-state index contributed by atoms with van der Waals surface area (Å²) in [4.78, 5) is 45.0. The van der Waals surface area contributed by atoms with Gasteiger partial charge in [-0.2, -0.15) is 0 Å². The molecule has 0 bridgehead atoms. The molecule has 8 nitrogen and oxygen atoms in total. The van der Waals surface area contributed by atoms with Crippen molar-refractivity contribution in [2.45, 2.75) is 0 Å². The number of carbonyl (C=O) groups is 4. The lowest BCUT2D eigenvalue weighted by Crippen LogP contribution is -2.39. The second-order valence-corrected chi connectivity index (χ2v) is 5.96. The van der Waals surface area contributed by atoms with Crippen molar-refractivity contribution in [2.24, 2.45) is 0 Å². The number of thioether (sulfide) groups is 1. The molecular formula is C9H12N2O6S2. The Bertz CT molecular complexity index is 422. The van der Waals surface area contributed by atoms with Crippen molar-refractivity contribution < 1.29 is 28.5 Å². The van der Waals surface area contributed by atoms with Crippen LogP contribution in [-0.4, -0.2) is 67.6 Å². The van der Waals surface area contributed by atoms with Crippen LogP contribution in [0.3, 0.4) is 0 Å². The SMILES string of the molecule is O=C(O)CS(=O)CC(=O)NCCN1C(=O)CSC1=O. The molecule has 0 aliphatic carbocycles. The van der Waals surface area contributed by atoms with Crippen molar-refractivity contribution >= 4 is 45.6 Å². The van der Waals surface area contributed by atoms with E-state index in [0.29, 0.717) is 0 Å². The van der Waals surface area contributed by atoms with Crippen LogP contribution in [0.15, 0.2) is 0 Å². The highest BCUT2D eigenvalue weighted by molar-refractivity contribution is 8.14. The second kappa shape index (κ2) is 7.24. The number of amides is 3. The zero-order chi connectivity index (χ0) is 14.4. The van der Waals surface area contributed by atoms with Crippen LogP contribution in [0.4, 0.5) is 4.79 Å². The van der Waals surface area contributed by atoms with Gasteiger partial charge in [-0.1, -0.05) is 11.8 Å². The summed E-state index contributed by atoms with van der Waals surface area (Å²) in [6, 6.07) is 0. The molecule has 1 unspecified atom stereocenters. The van der Waals surface area contributed by atoms with E-state index < -0.39 is 34.2 Å². The van der Waals surface area contributed by atoms with Gasteiger partial charge in [-0.15, -0.1) is 0 Å². The minimum absolute atomic E-state index is 0.0567. The highest BCUT2D eigenvalue weighted by atomic mass is 32.2. The van der Waals surface area contributed by atoms with E-state index >= 15 is 0 Å². The minimum Gasteiger partial charge on any atom is -0.481 e. The zero-order valence-corrected chi connectivity index (χ0v) is 11.4. The number of imide groups is 1. The van der Waals surface area contributed by atoms with Crippen molar-refractivity contribution in [1.29, 1.82) is 0 Å². The Labute approximate surface area is 115 Å². The predicted molar refractivity (Wildman–Crippen MR) is 68.1 cm³/mol. The van der Waals surface area contributed by atoms with Crippen LogP contribution in [0.25, 0.3) is 0 Å². The molecule has 0 aromatic carbocycles. The smallest absolute Gasteiger partial charge is 0.316 e. The summed E-state index contributed by atoms with van der Waals surface area (Å²) in [6.07, 6.45) is 0. The lowest BCUT2D eigenvalue weighted by molar-refractivity contribution is -0.134. The predicted octanol–water partition coefficient (Wildman–Crippen LogP) is -1.37. The molecule has 1 saturated heterocycles. The molecule has 0 aromatic rings. The highest BCUT2D eigenvalue weighted by Gasteiger charge is 2.29. The Morgan fingerprint density at radius 1 is 1.37 bits per heavy atom. The van der Waals surface area contributed by atoms with Gasteiger partial charge in [-0.25, -0.2) is 0 Å². The molecule has 106 valence electrons. The van der Waals surface area contributed by atoms with Gasteiger partial charge in [0.2, 0.25) is 11.8 Å². The topological polar surface area (TPSA) is 121 Å². The van der Waals surface area contributed by atoms with Crippen molar-refractivity contribution in [1.82, 2.24) is 10.2 Å². The lowest BCUT2D eigenvalue weighted by atomic mass is 10.5. The average molecular weight is 308 g/mol. The maximum atomic E-state index is 11.3. The van der Waals surface area contributed by atoms with Gasteiger partial charge < -0.3 is 10.4 Å². The fourth-order valence-electron chi connectivity index (χ4n) is 1.29. The molecule has 1 aliphatic rings. The largest absolute Gasteiger partial charge is 0.481 e. The van der Waals surface area contributed by atoms with Gasteiger partial charge in [-0.05, 0) is 0 Å². The Balaban J connectivity index is 2.24. The number of nitrogens with one attached hydrogen (secondary N) is 1. The summed E-state index contributed by atoms with van der Waals surface area (Å²) < 4.78 is 11.1. The third-order valence-corrected chi connectivity index (χ3v) is 4.09. The van der Waals surface area contributed by atoms with Gasteiger partial charge >= 0.3 is 5.97 Å². The molecule has 1 rings (SSSR count). The molecule has 0 radical (unpaired) electrons. The van der Waals surface area contributed by atoms with Crippen LogP contribution < -0.4 is 5.32 Å². The van der Waals surface area contributed by atoms with E-state index in [0.717, 1.165) is 16.7 Å². The highest BCUT2D eigenvalue weighted by Crippen LogP contribution is 2.17. The van der Waals surface area contributed by atoms with E-state index in [4.69, 9.17) is 5.11 Å². The fourth-order valence-corrected chi connectivity index (χ4v) is 2.81. The fraction of sp³-hybridized carbons (Fsp3) is 0.556. The normalized spacial score (nSPS) is 16.5. The van der Waals surface area contributed by atoms with E-state index in [9.17, 15) is 23.4 Å². The van der Waals surface area contributed by atoms with Gasteiger partial charge in [0.25, 0.3) is 5.24 Å². The van der Waals surface area contributed by atoms with Crippen LogP contribution in [0.1, 0.15) is 0 Å². The van der Waals surface area contributed by atoms with E-state index in [1.807, 2.05) is 0 Å². The maximum Gasteiger partial charge on any atom is 0.316 e. The van der Waals surface area contributed by atoms with Crippen molar-refractivity contribution in [3.8, 4) is 0 Å². The van der Waals surface area contributed by atoms with E-state index in [1.165, 1.54) is 0 Å². The van der Waals surface area contributed by atoms with Crippen LogP contribution in [0.2, 0.25) is 0 Å². The second-order valence-electron chi connectivity index (χ2n) is 3.57. The standard InChI is InChI=1S/C9H12N2O6S2/c12-6(4-19(17)5-8(14)15)10-1-2-11-7(13)3-18-9(11)16/h1-5H2,(H,10,12)(H,14,15). The van der Waals surface area contributed by atoms with Gasteiger partial charge in [-0.3, -0.25) is 28.3 Å². The van der Waals surface area contributed by atoms with Gasteiger partial charge in [0.1, 0.15) is 11.5 Å². The monoisotopic (exact) mass is 308 g/mol. The molecule has 19 heavy (non-hydrogen) atoms. The van der Waals surface area contributed by atoms with Gasteiger partial charge in [0.05, 0.1) is 5.75 Å². The molecule has 1 atom stereocenters. The number of nitrogens with zero attached hydrogens (tertiary/aromatic N) is 1. The Morgan fingerprint density at radius 2 is 2.05 bits per heavy atom. The van der Waals surface area contributed by atoms with Crippen LogP contribution >= 0.6 is 11.8 Å². The molecule has 0 spiro atoms. The average Bonchev–Trinajstić information content (AvgIpc) is 2.59. The molecule has 0 saturated carbocycles. The van der Waals surface area contributed by atoms with E-state index in [-0.39, 0.29) is 30.0 Å². The minimum atomic E-state index is -1.76. The number of hydrogen-bond donors (Lipinski definition) is 2. The molecule has 10 heteroatoms.